The predicted octanol–water partition coefficient (Wildman–Crippen LogP) is 18.0. The van der Waals surface area contributed by atoms with Crippen LogP contribution in [0.15, 0.2) is 115 Å². The van der Waals surface area contributed by atoms with Gasteiger partial charge in [0, 0.05) is 26.9 Å². The molecular formula is C60H63N3S. The highest BCUT2D eigenvalue weighted by Gasteiger charge is 2.46. The Morgan fingerprint density at radius 3 is 1.73 bits per heavy atom. The van der Waals surface area contributed by atoms with Crippen LogP contribution in [0.4, 0.5) is 50.5 Å². The predicted molar refractivity (Wildman–Crippen MR) is 275 cm³/mol. The second-order valence-electron chi connectivity index (χ2n) is 23.6. The normalized spacial score (nSPS) is 20.4. The Hall–Kier alpha value is -5.32. The molecule has 64 heavy (non-hydrogen) atoms. The molecule has 0 N–H and O–H groups in total. The number of nitrogens with zero attached hydrogens (tertiary/aromatic N) is 3. The molecule has 2 fully saturated rings. The van der Waals surface area contributed by atoms with Gasteiger partial charge in [-0.2, -0.15) is 0 Å². The first-order valence-electron chi connectivity index (χ1n) is 24.0. The second-order valence-corrected chi connectivity index (χ2v) is 24.6. The third kappa shape index (κ3) is 5.83. The molecule has 2 aliphatic heterocycles. The summed E-state index contributed by atoms with van der Waals surface area (Å²) >= 11 is 1.97. The topological polar surface area (TPSA) is 9.72 Å². The summed E-state index contributed by atoms with van der Waals surface area (Å²) in [5.74, 6) is 2.16. The van der Waals surface area contributed by atoms with Crippen molar-refractivity contribution in [2.24, 2.45) is 11.8 Å². The van der Waals surface area contributed by atoms with Crippen molar-refractivity contribution in [3.8, 4) is 11.1 Å². The van der Waals surface area contributed by atoms with Crippen molar-refractivity contribution in [1.29, 1.82) is 0 Å². The molecule has 0 spiro atoms. The number of anilines is 9. The molecular weight excluding hydrogens is 795 g/mol. The van der Waals surface area contributed by atoms with Crippen LogP contribution in [-0.4, -0.2) is 0 Å². The van der Waals surface area contributed by atoms with E-state index in [1.165, 1.54) is 131 Å². The average molecular weight is 858 g/mol. The minimum atomic E-state index is -0.0822. The molecule has 0 amide bonds. The van der Waals surface area contributed by atoms with E-state index in [0.29, 0.717) is 5.92 Å². The fourth-order valence-corrected chi connectivity index (χ4v) is 13.6. The van der Waals surface area contributed by atoms with Crippen LogP contribution in [0.1, 0.15) is 141 Å². The highest BCUT2D eigenvalue weighted by atomic mass is 32.1. The van der Waals surface area contributed by atoms with Gasteiger partial charge in [-0.1, -0.05) is 137 Å². The second kappa shape index (κ2) is 13.4. The van der Waals surface area contributed by atoms with E-state index in [9.17, 15) is 0 Å². The van der Waals surface area contributed by atoms with Gasteiger partial charge in [0.1, 0.15) is 5.00 Å². The van der Waals surface area contributed by atoms with Gasteiger partial charge in [-0.05, 0) is 158 Å². The van der Waals surface area contributed by atoms with E-state index in [2.05, 4.69) is 206 Å². The van der Waals surface area contributed by atoms with Gasteiger partial charge < -0.3 is 9.80 Å². The van der Waals surface area contributed by atoms with Crippen molar-refractivity contribution < 1.29 is 0 Å². The number of thiophene rings is 1. The molecule has 6 aromatic carbocycles. The Balaban J connectivity index is 1.19. The molecule has 0 saturated heterocycles. The summed E-state index contributed by atoms with van der Waals surface area (Å²) < 4.78 is 1.34. The summed E-state index contributed by atoms with van der Waals surface area (Å²) in [4.78, 5) is 8.00. The lowest BCUT2D eigenvalue weighted by Gasteiger charge is -2.47. The van der Waals surface area contributed by atoms with Crippen molar-refractivity contribution in [3.63, 3.8) is 0 Å². The number of fused-ring (bicyclic) bond motifs is 11. The summed E-state index contributed by atoms with van der Waals surface area (Å²) in [5, 5.41) is 2.62. The minimum Gasteiger partial charge on any atom is -0.306 e. The monoisotopic (exact) mass is 857 g/mol. The Bertz CT molecular complexity index is 3050. The van der Waals surface area contributed by atoms with Crippen LogP contribution in [0, 0.1) is 11.8 Å². The van der Waals surface area contributed by atoms with Gasteiger partial charge in [0.25, 0.3) is 0 Å². The number of hydrogen-bond donors (Lipinski definition) is 0. The van der Waals surface area contributed by atoms with Crippen molar-refractivity contribution in [1.82, 2.24) is 0 Å². The zero-order chi connectivity index (χ0) is 44.4. The first-order chi connectivity index (χ1) is 30.4. The largest absolute Gasteiger partial charge is 0.306 e. The lowest BCUT2D eigenvalue weighted by Crippen LogP contribution is -2.30. The van der Waals surface area contributed by atoms with Gasteiger partial charge >= 0.3 is 0 Å². The first-order valence-corrected chi connectivity index (χ1v) is 24.8. The molecule has 3 heterocycles. The molecule has 2 bridgehead atoms. The zero-order valence-electron chi connectivity index (χ0n) is 39.8. The smallest absolute Gasteiger partial charge is 0.126 e. The molecule has 7 aromatic rings. The number of hydrogen-bond acceptors (Lipinski definition) is 4. The lowest BCUT2D eigenvalue weighted by molar-refractivity contribution is 0.420. The molecule has 0 radical (unpaired) electrons. The number of benzene rings is 6. The third-order valence-corrected chi connectivity index (χ3v) is 17.2. The quantitative estimate of drug-likeness (QED) is 0.175. The fourth-order valence-electron chi connectivity index (χ4n) is 12.4. The van der Waals surface area contributed by atoms with Crippen molar-refractivity contribution in [2.75, 3.05) is 14.7 Å². The van der Waals surface area contributed by atoms with E-state index < -0.39 is 0 Å². The number of rotatable bonds is 3. The van der Waals surface area contributed by atoms with Gasteiger partial charge in [-0.25, -0.2) is 0 Å². The van der Waals surface area contributed by atoms with Crippen molar-refractivity contribution in [2.45, 2.75) is 129 Å². The van der Waals surface area contributed by atoms with Crippen LogP contribution in [0.25, 0.3) is 21.2 Å². The Morgan fingerprint density at radius 1 is 0.516 bits per heavy atom. The van der Waals surface area contributed by atoms with Crippen LogP contribution in [0.3, 0.4) is 0 Å². The highest BCUT2D eigenvalue weighted by Crippen LogP contribution is 2.68. The average Bonchev–Trinajstić information content (AvgIpc) is 4.04. The fraction of sp³-hybridized carbons (Fsp3) is 0.367. The third-order valence-electron chi connectivity index (χ3n) is 16.0. The van der Waals surface area contributed by atoms with Crippen LogP contribution >= 0.6 is 11.3 Å². The Kier molecular flexibility index (Phi) is 8.41. The van der Waals surface area contributed by atoms with Crippen LogP contribution in [0.2, 0.25) is 0 Å². The molecule has 12 rings (SSSR count). The highest BCUT2D eigenvalue weighted by molar-refractivity contribution is 7.24. The van der Waals surface area contributed by atoms with Gasteiger partial charge in [0.05, 0.1) is 34.1 Å². The van der Waals surface area contributed by atoms with E-state index in [1.54, 1.807) is 0 Å². The van der Waals surface area contributed by atoms with Crippen LogP contribution in [-0.2, 0) is 21.7 Å². The molecule has 324 valence electrons. The molecule has 3 atom stereocenters. The zero-order valence-corrected chi connectivity index (χ0v) is 40.6. The molecule has 1 aromatic heterocycles. The van der Waals surface area contributed by atoms with Gasteiger partial charge in [0.2, 0.25) is 0 Å². The maximum absolute atomic E-state index is 2.70. The van der Waals surface area contributed by atoms with E-state index in [1.807, 2.05) is 11.3 Å². The maximum atomic E-state index is 2.70. The van der Waals surface area contributed by atoms with Gasteiger partial charge in [-0.3, -0.25) is 4.90 Å². The van der Waals surface area contributed by atoms with E-state index >= 15 is 0 Å². The summed E-state index contributed by atoms with van der Waals surface area (Å²) in [6.45, 7) is 25.8. The maximum Gasteiger partial charge on any atom is 0.126 e. The van der Waals surface area contributed by atoms with Crippen LogP contribution < -0.4 is 14.7 Å². The van der Waals surface area contributed by atoms with Crippen LogP contribution in [0.5, 0.6) is 0 Å². The molecule has 4 heteroatoms. The molecule has 3 unspecified atom stereocenters. The van der Waals surface area contributed by atoms with Crippen molar-refractivity contribution in [3.05, 3.63) is 149 Å². The molecule has 2 saturated carbocycles. The molecule has 3 aliphatic carbocycles. The molecule has 5 aliphatic rings. The first kappa shape index (κ1) is 40.2. The summed E-state index contributed by atoms with van der Waals surface area (Å²) in [5.41, 5.74) is 21.2. The summed E-state index contributed by atoms with van der Waals surface area (Å²) in [6, 6.07) is 45.9. The van der Waals surface area contributed by atoms with E-state index in [-0.39, 0.29) is 21.7 Å². The Morgan fingerprint density at radius 2 is 1.12 bits per heavy atom. The van der Waals surface area contributed by atoms with Gasteiger partial charge in [-0.15, -0.1) is 11.3 Å². The van der Waals surface area contributed by atoms with Crippen molar-refractivity contribution >= 4 is 71.9 Å². The molecule has 3 nitrogen and oxygen atoms in total. The van der Waals surface area contributed by atoms with E-state index in [4.69, 9.17) is 0 Å². The van der Waals surface area contributed by atoms with Gasteiger partial charge in [0.15, 0.2) is 0 Å². The minimum absolute atomic E-state index is 0.0254. The standard InChI is InChI=1S/C60H63N3S/c1-57(2,3)38-18-23-41(24-19-38)61-49-27-22-40(59(7,8)9)32-50(49)63-55-51(61)30-37(44-29-35-16-17-36(44)28-35)31-52(55)62(42-25-20-39(21-26-42)58(4,5)6)54-46-33-45-43-14-12-13-15-47(43)60(10,11)48(45)34-53(46)64-56(54)63/h12-15,18-27,30-36,44H,16-17,28-29H2,1-11H3. The summed E-state index contributed by atoms with van der Waals surface area (Å²) in [6.07, 6.45) is 5.42. The SMILES string of the molecule is CC(C)(C)c1ccc(N2c3ccc(C(C)(C)C)cc3N3c4sc5cc6c(cc5c4N(c4ccc(C(C)(C)C)cc4)c4cc(C5CC7CCC5C7)cc2c43)-c2ccccc2C6(C)C)cc1. The summed E-state index contributed by atoms with van der Waals surface area (Å²) in [7, 11) is 0. The Labute approximate surface area is 385 Å². The lowest BCUT2D eigenvalue weighted by atomic mass is 9.81. The van der Waals surface area contributed by atoms with E-state index in [0.717, 1.165) is 11.8 Å².